The van der Waals surface area contributed by atoms with Gasteiger partial charge in [-0.05, 0) is 47.3 Å². The first-order valence-corrected chi connectivity index (χ1v) is 8.68. The number of aromatic amines is 1. The minimum Gasteiger partial charge on any atom is -0.305 e. The van der Waals surface area contributed by atoms with Crippen LogP contribution < -0.4 is 16.1 Å². The van der Waals surface area contributed by atoms with Crippen molar-refractivity contribution in [1.82, 2.24) is 9.66 Å². The SMILES string of the molecule is CSNn1c(=O)[nH]c2cc(C(F)(F)F)c(-c3cccc(C#N)c3)cc2c1=O. The lowest BCUT2D eigenvalue weighted by atomic mass is 9.96. The molecule has 10 heteroatoms. The fourth-order valence-corrected chi connectivity index (χ4v) is 3.02. The highest BCUT2D eigenvalue weighted by atomic mass is 32.2. The topological polar surface area (TPSA) is 90.7 Å². The third-order valence-corrected chi connectivity index (χ3v) is 4.19. The number of H-pyrrole nitrogens is 1. The Morgan fingerprint density at radius 2 is 1.96 bits per heavy atom. The van der Waals surface area contributed by atoms with E-state index in [9.17, 15) is 22.8 Å². The Hall–Kier alpha value is -3.19. The van der Waals surface area contributed by atoms with E-state index >= 15 is 0 Å². The molecule has 0 fully saturated rings. The third kappa shape index (κ3) is 3.41. The molecule has 0 saturated carbocycles. The molecule has 0 saturated heterocycles. The van der Waals surface area contributed by atoms with Gasteiger partial charge in [0.05, 0.1) is 28.1 Å². The van der Waals surface area contributed by atoms with E-state index in [1.165, 1.54) is 24.3 Å². The molecule has 1 aromatic heterocycles. The predicted octanol–water partition coefficient (Wildman–Crippen LogP) is 3.07. The van der Waals surface area contributed by atoms with Gasteiger partial charge in [0, 0.05) is 6.26 Å². The number of nitrogens with one attached hydrogen (secondary N) is 2. The monoisotopic (exact) mass is 392 g/mol. The number of hydrogen-bond acceptors (Lipinski definition) is 5. The summed E-state index contributed by atoms with van der Waals surface area (Å²) in [5, 5.41) is 8.91. The first kappa shape index (κ1) is 18.6. The number of alkyl halides is 3. The Bertz CT molecular complexity index is 1190. The zero-order valence-corrected chi connectivity index (χ0v) is 14.5. The lowest BCUT2D eigenvalue weighted by Crippen LogP contribution is -2.39. The lowest BCUT2D eigenvalue weighted by Gasteiger charge is -2.15. The molecular weight excluding hydrogens is 381 g/mol. The number of hydrogen-bond donors (Lipinski definition) is 2. The van der Waals surface area contributed by atoms with Crippen LogP contribution in [0.1, 0.15) is 11.1 Å². The quantitative estimate of drug-likeness (QED) is 0.669. The largest absolute Gasteiger partial charge is 0.417 e. The molecule has 0 aliphatic carbocycles. The minimum absolute atomic E-state index is 0.0958. The van der Waals surface area contributed by atoms with Crippen LogP contribution in [0.2, 0.25) is 0 Å². The first-order valence-electron chi connectivity index (χ1n) is 7.46. The fourth-order valence-electron chi connectivity index (χ4n) is 2.67. The van der Waals surface area contributed by atoms with Crippen LogP contribution in [-0.4, -0.2) is 15.9 Å². The molecule has 2 aromatic carbocycles. The highest BCUT2D eigenvalue weighted by Crippen LogP contribution is 2.38. The molecule has 0 amide bonds. The smallest absolute Gasteiger partial charge is 0.305 e. The standard InChI is InChI=1S/C17H11F3N4O2S/c1-27-23-24-15(25)12-6-11(10-4-2-3-9(5-10)8-21)13(17(18,19)20)7-14(12)22-16(24)26/h2-7,23H,1H3,(H,22,26). The Kier molecular flexibility index (Phi) is 4.72. The molecular formula is C17H11F3N4O2S. The Labute approximate surface area is 154 Å². The van der Waals surface area contributed by atoms with Crippen LogP contribution in [0.5, 0.6) is 0 Å². The molecule has 27 heavy (non-hydrogen) atoms. The molecule has 0 unspecified atom stereocenters. The van der Waals surface area contributed by atoms with Crippen molar-refractivity contribution in [1.29, 1.82) is 5.26 Å². The summed E-state index contributed by atoms with van der Waals surface area (Å²) < 4.78 is 41.4. The van der Waals surface area contributed by atoms with Crippen molar-refractivity contribution < 1.29 is 13.2 Å². The summed E-state index contributed by atoms with van der Waals surface area (Å²) in [4.78, 5) is 29.2. The van der Waals surface area contributed by atoms with E-state index in [-0.39, 0.29) is 27.6 Å². The molecule has 0 aliphatic heterocycles. The van der Waals surface area contributed by atoms with Crippen LogP contribution in [0.3, 0.4) is 0 Å². The van der Waals surface area contributed by atoms with Crippen molar-refractivity contribution in [2.75, 3.05) is 11.1 Å². The number of fused-ring (bicyclic) bond motifs is 1. The van der Waals surface area contributed by atoms with Crippen LogP contribution in [0, 0.1) is 11.3 Å². The predicted molar refractivity (Wildman–Crippen MR) is 96.9 cm³/mol. The van der Waals surface area contributed by atoms with Gasteiger partial charge in [-0.3, -0.25) is 9.63 Å². The lowest BCUT2D eigenvalue weighted by molar-refractivity contribution is -0.137. The van der Waals surface area contributed by atoms with E-state index in [0.717, 1.165) is 24.1 Å². The summed E-state index contributed by atoms with van der Waals surface area (Å²) in [6.07, 6.45) is -3.14. The van der Waals surface area contributed by atoms with Crippen molar-refractivity contribution in [3.8, 4) is 17.2 Å². The Morgan fingerprint density at radius 1 is 1.22 bits per heavy atom. The Morgan fingerprint density at radius 3 is 2.59 bits per heavy atom. The second-order valence-corrected chi connectivity index (χ2v) is 6.09. The second kappa shape index (κ2) is 6.85. The first-order chi connectivity index (χ1) is 12.8. The van der Waals surface area contributed by atoms with E-state index in [1.807, 2.05) is 6.07 Å². The van der Waals surface area contributed by atoms with Crippen LogP contribution in [0.4, 0.5) is 13.2 Å². The molecule has 2 N–H and O–H groups in total. The fraction of sp³-hybridized carbons (Fsp3) is 0.118. The number of benzene rings is 2. The van der Waals surface area contributed by atoms with Gasteiger partial charge in [-0.1, -0.05) is 12.1 Å². The van der Waals surface area contributed by atoms with Gasteiger partial charge in [-0.25, -0.2) is 4.79 Å². The number of nitrogens with zero attached hydrogens (tertiary/aromatic N) is 2. The average molecular weight is 392 g/mol. The van der Waals surface area contributed by atoms with Crippen LogP contribution >= 0.6 is 11.9 Å². The number of rotatable bonds is 3. The van der Waals surface area contributed by atoms with Crippen LogP contribution in [0.25, 0.3) is 22.0 Å². The summed E-state index contributed by atoms with van der Waals surface area (Å²) in [5.41, 5.74) is -2.84. The van der Waals surface area contributed by atoms with E-state index in [4.69, 9.17) is 5.26 Å². The molecule has 3 aromatic rings. The van der Waals surface area contributed by atoms with Gasteiger partial charge in [0.1, 0.15) is 0 Å². The highest BCUT2D eigenvalue weighted by molar-refractivity contribution is 7.99. The van der Waals surface area contributed by atoms with Gasteiger partial charge in [-0.2, -0.15) is 23.1 Å². The zero-order valence-electron chi connectivity index (χ0n) is 13.7. The van der Waals surface area contributed by atoms with Gasteiger partial charge in [0.2, 0.25) is 0 Å². The molecule has 3 rings (SSSR count). The molecule has 0 aliphatic rings. The summed E-state index contributed by atoms with van der Waals surface area (Å²) in [7, 11) is 0. The maximum atomic E-state index is 13.6. The molecule has 138 valence electrons. The van der Waals surface area contributed by atoms with Crippen molar-refractivity contribution >= 4 is 22.9 Å². The van der Waals surface area contributed by atoms with Crippen molar-refractivity contribution in [2.24, 2.45) is 0 Å². The maximum Gasteiger partial charge on any atom is 0.417 e. The van der Waals surface area contributed by atoms with Crippen LogP contribution in [0.15, 0.2) is 46.0 Å². The maximum absolute atomic E-state index is 13.6. The summed E-state index contributed by atoms with van der Waals surface area (Å²) in [6.45, 7) is 0. The highest BCUT2D eigenvalue weighted by Gasteiger charge is 2.34. The number of halogens is 3. The van der Waals surface area contributed by atoms with E-state index in [0.29, 0.717) is 4.68 Å². The molecule has 0 atom stereocenters. The molecule has 0 spiro atoms. The van der Waals surface area contributed by atoms with Crippen molar-refractivity contribution in [3.63, 3.8) is 0 Å². The molecule has 0 bridgehead atoms. The van der Waals surface area contributed by atoms with Crippen LogP contribution in [-0.2, 0) is 6.18 Å². The normalized spacial score (nSPS) is 11.4. The summed E-state index contributed by atoms with van der Waals surface area (Å²) in [5.74, 6) is 0. The van der Waals surface area contributed by atoms with Gasteiger partial charge < -0.3 is 4.98 Å². The number of aromatic nitrogens is 2. The van der Waals surface area contributed by atoms with Gasteiger partial charge in [0.15, 0.2) is 0 Å². The van der Waals surface area contributed by atoms with Gasteiger partial charge in [0.25, 0.3) is 5.56 Å². The summed E-state index contributed by atoms with van der Waals surface area (Å²) >= 11 is 0.981. The van der Waals surface area contributed by atoms with E-state index < -0.39 is 23.0 Å². The zero-order chi connectivity index (χ0) is 19.8. The van der Waals surface area contributed by atoms with E-state index in [2.05, 4.69) is 9.82 Å². The van der Waals surface area contributed by atoms with Crippen molar-refractivity contribution in [2.45, 2.75) is 6.18 Å². The second-order valence-electron chi connectivity index (χ2n) is 5.50. The molecule has 0 radical (unpaired) electrons. The average Bonchev–Trinajstić information content (AvgIpc) is 2.63. The van der Waals surface area contributed by atoms with Gasteiger partial charge >= 0.3 is 11.9 Å². The molecule has 6 nitrogen and oxygen atoms in total. The minimum atomic E-state index is -4.73. The van der Waals surface area contributed by atoms with Crippen molar-refractivity contribution in [3.05, 3.63) is 68.4 Å². The summed E-state index contributed by atoms with van der Waals surface area (Å²) in [6, 6.07) is 9.32. The number of nitriles is 1. The molecule has 1 heterocycles. The third-order valence-electron chi connectivity index (χ3n) is 3.83. The Balaban J connectivity index is 2.42. The van der Waals surface area contributed by atoms with Gasteiger partial charge in [-0.15, -0.1) is 0 Å². The van der Waals surface area contributed by atoms with E-state index in [1.54, 1.807) is 6.26 Å².